The molecule has 0 fully saturated rings. The zero-order chi connectivity index (χ0) is 15.8. The fourth-order valence-electron chi connectivity index (χ4n) is 1.87. The van der Waals surface area contributed by atoms with E-state index in [9.17, 15) is 8.42 Å². The van der Waals surface area contributed by atoms with Crippen LogP contribution in [0.1, 0.15) is 11.1 Å². The van der Waals surface area contributed by atoms with E-state index in [2.05, 4.69) is 4.72 Å². The number of nitrogens with one attached hydrogen (secondary N) is 1. The summed E-state index contributed by atoms with van der Waals surface area (Å²) in [6.07, 6.45) is 0. The first-order valence-electron chi connectivity index (χ1n) is 6.05. The molecule has 0 amide bonds. The van der Waals surface area contributed by atoms with E-state index in [1.807, 2.05) is 19.9 Å². The highest BCUT2D eigenvalue weighted by Crippen LogP contribution is 2.32. The van der Waals surface area contributed by atoms with Crippen molar-refractivity contribution in [2.75, 3.05) is 10.5 Å². The Bertz CT molecular complexity index is 782. The molecule has 0 radical (unpaired) electrons. The second-order valence-corrected chi connectivity index (χ2v) is 7.17. The van der Waals surface area contributed by atoms with Crippen molar-refractivity contribution < 1.29 is 8.42 Å². The van der Waals surface area contributed by atoms with Crippen LogP contribution in [0.3, 0.4) is 0 Å². The van der Waals surface area contributed by atoms with Crippen LogP contribution >= 0.6 is 23.2 Å². The predicted molar refractivity (Wildman–Crippen MR) is 87.6 cm³/mol. The van der Waals surface area contributed by atoms with E-state index in [0.717, 1.165) is 11.1 Å². The highest BCUT2D eigenvalue weighted by molar-refractivity contribution is 7.93. The number of halogens is 2. The highest BCUT2D eigenvalue weighted by Gasteiger charge is 2.22. The summed E-state index contributed by atoms with van der Waals surface area (Å²) >= 11 is 11.7. The fraction of sp³-hybridized carbons (Fsp3) is 0.143. The maximum absolute atomic E-state index is 12.4. The Morgan fingerprint density at radius 1 is 1.05 bits per heavy atom. The van der Waals surface area contributed by atoms with Crippen molar-refractivity contribution in [2.24, 2.45) is 0 Å². The van der Waals surface area contributed by atoms with Gasteiger partial charge in [-0.25, -0.2) is 8.42 Å². The van der Waals surface area contributed by atoms with Gasteiger partial charge in [-0.2, -0.15) is 0 Å². The molecule has 112 valence electrons. The number of nitrogen functional groups attached to an aromatic ring is 1. The van der Waals surface area contributed by atoms with Crippen LogP contribution in [0.4, 0.5) is 11.4 Å². The van der Waals surface area contributed by atoms with Crippen molar-refractivity contribution >= 4 is 44.6 Å². The van der Waals surface area contributed by atoms with Crippen molar-refractivity contribution in [1.29, 1.82) is 0 Å². The summed E-state index contributed by atoms with van der Waals surface area (Å²) in [7, 11) is -3.89. The number of benzene rings is 2. The third-order valence-electron chi connectivity index (χ3n) is 3.06. The summed E-state index contributed by atoms with van der Waals surface area (Å²) in [5.41, 5.74) is 8.23. The fourth-order valence-corrected chi connectivity index (χ4v) is 3.91. The second-order valence-electron chi connectivity index (χ2n) is 4.71. The average Bonchev–Trinajstić information content (AvgIpc) is 2.31. The van der Waals surface area contributed by atoms with E-state index in [1.54, 1.807) is 12.1 Å². The third kappa shape index (κ3) is 3.43. The van der Waals surface area contributed by atoms with E-state index in [1.165, 1.54) is 12.1 Å². The standard InChI is InChI=1S/C14H14Cl2N2O2S/c1-8-3-4-11(5-9(8)2)18-21(19,20)14-12(16)6-10(15)7-13(14)17/h3-7,18H,17H2,1-2H3. The summed E-state index contributed by atoms with van der Waals surface area (Å²) in [6, 6.07) is 7.95. The Labute approximate surface area is 133 Å². The molecule has 0 atom stereocenters. The van der Waals surface area contributed by atoms with E-state index in [-0.39, 0.29) is 20.6 Å². The lowest BCUT2D eigenvalue weighted by molar-refractivity contribution is 0.601. The van der Waals surface area contributed by atoms with Gasteiger partial charge in [0.2, 0.25) is 0 Å². The lowest BCUT2D eigenvalue weighted by Crippen LogP contribution is -2.15. The van der Waals surface area contributed by atoms with Gasteiger partial charge >= 0.3 is 0 Å². The molecule has 7 heteroatoms. The monoisotopic (exact) mass is 344 g/mol. The number of hydrogen-bond acceptors (Lipinski definition) is 3. The summed E-state index contributed by atoms with van der Waals surface area (Å²) in [5, 5.41) is 0.263. The van der Waals surface area contributed by atoms with Crippen molar-refractivity contribution in [2.45, 2.75) is 18.7 Å². The first-order valence-corrected chi connectivity index (χ1v) is 8.29. The molecule has 3 N–H and O–H groups in total. The molecule has 0 aliphatic rings. The van der Waals surface area contributed by atoms with Gasteiger partial charge in [-0.15, -0.1) is 0 Å². The Hall–Kier alpha value is -1.43. The van der Waals surface area contributed by atoms with Crippen LogP contribution in [-0.2, 0) is 10.0 Å². The van der Waals surface area contributed by atoms with E-state index < -0.39 is 10.0 Å². The molecule has 2 aromatic rings. The molecule has 4 nitrogen and oxygen atoms in total. The van der Waals surface area contributed by atoms with Gasteiger partial charge in [-0.3, -0.25) is 4.72 Å². The summed E-state index contributed by atoms with van der Waals surface area (Å²) < 4.78 is 27.3. The maximum atomic E-state index is 12.4. The molecule has 2 aromatic carbocycles. The molecular weight excluding hydrogens is 331 g/mol. The lowest BCUT2D eigenvalue weighted by atomic mass is 10.1. The van der Waals surface area contributed by atoms with Gasteiger partial charge in [-0.1, -0.05) is 29.3 Å². The van der Waals surface area contributed by atoms with Crippen LogP contribution in [0.15, 0.2) is 35.2 Å². The normalized spacial score (nSPS) is 11.4. The van der Waals surface area contributed by atoms with Crippen LogP contribution in [0, 0.1) is 13.8 Å². The molecule has 0 saturated heterocycles. The molecule has 0 aromatic heterocycles. The van der Waals surface area contributed by atoms with Crippen LogP contribution in [0.5, 0.6) is 0 Å². The van der Waals surface area contributed by atoms with Gasteiger partial charge in [0.15, 0.2) is 0 Å². The number of nitrogens with two attached hydrogens (primary N) is 1. The molecule has 21 heavy (non-hydrogen) atoms. The van der Waals surface area contributed by atoms with E-state index in [4.69, 9.17) is 28.9 Å². The predicted octanol–water partition coefficient (Wildman–Crippen LogP) is 3.99. The van der Waals surface area contributed by atoms with Crippen molar-refractivity contribution in [3.8, 4) is 0 Å². The van der Waals surface area contributed by atoms with E-state index in [0.29, 0.717) is 5.69 Å². The number of anilines is 2. The number of hydrogen-bond donors (Lipinski definition) is 2. The molecule has 0 heterocycles. The van der Waals surface area contributed by atoms with Crippen LogP contribution in [0.2, 0.25) is 10.0 Å². The molecule has 2 rings (SSSR count). The van der Waals surface area contributed by atoms with Gasteiger partial charge in [0.25, 0.3) is 10.0 Å². The van der Waals surface area contributed by atoms with Gasteiger partial charge in [0, 0.05) is 10.7 Å². The highest BCUT2D eigenvalue weighted by atomic mass is 35.5. The smallest absolute Gasteiger partial charge is 0.265 e. The largest absolute Gasteiger partial charge is 0.398 e. The molecule has 0 bridgehead atoms. The van der Waals surface area contributed by atoms with Crippen LogP contribution < -0.4 is 10.5 Å². The zero-order valence-corrected chi connectivity index (χ0v) is 13.8. The number of rotatable bonds is 3. The topological polar surface area (TPSA) is 72.2 Å². The van der Waals surface area contributed by atoms with Gasteiger partial charge in [0.05, 0.1) is 10.7 Å². The Morgan fingerprint density at radius 3 is 2.29 bits per heavy atom. The Kier molecular flexibility index (Phi) is 4.37. The average molecular weight is 345 g/mol. The first kappa shape index (κ1) is 15.9. The third-order valence-corrected chi connectivity index (χ3v) is 5.19. The van der Waals surface area contributed by atoms with Crippen LogP contribution in [-0.4, -0.2) is 8.42 Å². The quantitative estimate of drug-likeness (QED) is 0.826. The minimum absolute atomic E-state index is 0.00355. The Balaban J connectivity index is 2.46. The van der Waals surface area contributed by atoms with Gasteiger partial charge in [0.1, 0.15) is 4.90 Å². The lowest BCUT2D eigenvalue weighted by Gasteiger charge is -2.13. The van der Waals surface area contributed by atoms with Gasteiger partial charge < -0.3 is 5.73 Å². The SMILES string of the molecule is Cc1ccc(NS(=O)(=O)c2c(N)cc(Cl)cc2Cl)cc1C. The summed E-state index contributed by atoms with van der Waals surface area (Å²) in [6.45, 7) is 3.85. The molecule has 0 spiro atoms. The number of aryl methyl sites for hydroxylation is 2. The molecular formula is C14H14Cl2N2O2S. The molecule has 0 saturated carbocycles. The minimum Gasteiger partial charge on any atom is -0.398 e. The second kappa shape index (κ2) is 5.75. The minimum atomic E-state index is -3.89. The summed E-state index contributed by atoms with van der Waals surface area (Å²) in [5.74, 6) is 0. The molecule has 0 aliphatic heterocycles. The van der Waals surface area contributed by atoms with Crippen molar-refractivity contribution in [3.05, 3.63) is 51.5 Å². The molecule has 0 unspecified atom stereocenters. The van der Waals surface area contributed by atoms with E-state index >= 15 is 0 Å². The maximum Gasteiger partial charge on any atom is 0.265 e. The van der Waals surface area contributed by atoms with Crippen molar-refractivity contribution in [1.82, 2.24) is 0 Å². The first-order chi connectivity index (χ1) is 9.70. The summed E-state index contributed by atoms with van der Waals surface area (Å²) in [4.78, 5) is -0.174. The number of sulfonamides is 1. The molecule has 0 aliphatic carbocycles. The van der Waals surface area contributed by atoms with Crippen molar-refractivity contribution in [3.63, 3.8) is 0 Å². The van der Waals surface area contributed by atoms with Gasteiger partial charge in [-0.05, 0) is 49.2 Å². The van der Waals surface area contributed by atoms with Crippen LogP contribution in [0.25, 0.3) is 0 Å². The Morgan fingerprint density at radius 2 is 1.71 bits per heavy atom. The zero-order valence-electron chi connectivity index (χ0n) is 11.4.